The molecule has 0 aliphatic rings. The van der Waals surface area contributed by atoms with Crippen molar-refractivity contribution >= 4 is 7.60 Å². The highest BCUT2D eigenvalue weighted by Gasteiger charge is 2.47. The molecule has 48 heavy (non-hydrogen) atoms. The molecule has 1 aromatic rings. The lowest BCUT2D eigenvalue weighted by Crippen LogP contribution is -2.26. The molecule has 0 aromatic heterocycles. The molecule has 4 nitrogen and oxygen atoms in total. The van der Waals surface area contributed by atoms with Crippen LogP contribution >= 0.6 is 7.60 Å². The number of benzene rings is 1. The van der Waals surface area contributed by atoms with Gasteiger partial charge in [-0.2, -0.15) is 0 Å². The van der Waals surface area contributed by atoms with Gasteiger partial charge >= 0.3 is 7.60 Å². The molecule has 0 amide bonds. The number of unbranched alkanes of at least 4 members (excludes halogenated alkanes) is 30. The molecule has 0 aliphatic carbocycles. The van der Waals surface area contributed by atoms with Crippen LogP contribution in [0.15, 0.2) is 24.3 Å². The van der Waals surface area contributed by atoms with E-state index in [2.05, 4.69) is 13.8 Å². The number of rotatable bonds is 36. The van der Waals surface area contributed by atoms with E-state index in [0.29, 0.717) is 18.4 Å². The van der Waals surface area contributed by atoms with Gasteiger partial charge in [-0.25, -0.2) is 0 Å². The zero-order valence-electron chi connectivity index (χ0n) is 32.0. The Bertz CT molecular complexity index is 828. The van der Waals surface area contributed by atoms with Crippen molar-refractivity contribution in [2.75, 3.05) is 0 Å². The molecule has 0 bridgehead atoms. The van der Waals surface area contributed by atoms with E-state index in [1.807, 2.05) is 0 Å². The van der Waals surface area contributed by atoms with Crippen LogP contribution in [-0.2, 0) is 9.72 Å². The number of phenolic OH excluding ortho intramolecular Hbond substituents is 1. The first-order valence-corrected chi connectivity index (χ1v) is 22.8. The van der Waals surface area contributed by atoms with Crippen LogP contribution in [0.1, 0.15) is 238 Å². The molecule has 0 aliphatic heterocycles. The van der Waals surface area contributed by atoms with Crippen LogP contribution in [-0.4, -0.2) is 14.9 Å². The van der Waals surface area contributed by atoms with Crippen molar-refractivity contribution in [1.82, 2.24) is 0 Å². The van der Waals surface area contributed by atoms with Crippen LogP contribution in [0.5, 0.6) is 5.75 Å². The second-order valence-electron chi connectivity index (χ2n) is 15.2. The van der Waals surface area contributed by atoms with Gasteiger partial charge in [0.2, 0.25) is 0 Å². The lowest BCUT2D eigenvalue weighted by molar-refractivity contribution is 0.297. The van der Waals surface area contributed by atoms with Crippen LogP contribution in [0.3, 0.4) is 0 Å². The lowest BCUT2D eigenvalue weighted by atomic mass is 9.86. The molecule has 1 rings (SSSR count). The Morgan fingerprint density at radius 1 is 0.417 bits per heavy atom. The largest absolute Gasteiger partial charge is 0.508 e. The normalized spacial score (nSPS) is 12.2. The fraction of sp³-hybridized carbons (Fsp3) is 0.860. The smallest absolute Gasteiger partial charge is 0.335 e. The van der Waals surface area contributed by atoms with Gasteiger partial charge in [0.25, 0.3) is 0 Å². The van der Waals surface area contributed by atoms with Gasteiger partial charge in [-0.05, 0) is 30.5 Å². The van der Waals surface area contributed by atoms with E-state index in [1.165, 1.54) is 167 Å². The monoisotopic (exact) mass is 693 g/mol. The maximum Gasteiger partial charge on any atom is 0.335 e. The molecule has 3 N–H and O–H groups in total. The third-order valence-corrected chi connectivity index (χ3v) is 12.7. The minimum Gasteiger partial charge on any atom is -0.508 e. The van der Waals surface area contributed by atoms with Crippen LogP contribution < -0.4 is 0 Å². The first-order chi connectivity index (χ1) is 23.4. The third kappa shape index (κ3) is 22.8. The number of aromatic hydroxyl groups is 1. The number of hydrogen-bond donors (Lipinski definition) is 3. The molecule has 0 spiro atoms. The van der Waals surface area contributed by atoms with Gasteiger partial charge in [0.1, 0.15) is 5.75 Å². The summed E-state index contributed by atoms with van der Waals surface area (Å²) in [6, 6.07) is 6.66. The predicted molar refractivity (Wildman–Crippen MR) is 210 cm³/mol. The number of phenols is 1. The summed E-state index contributed by atoms with van der Waals surface area (Å²) in [6.45, 7) is 4.55. The van der Waals surface area contributed by atoms with Gasteiger partial charge in [0.05, 0.1) is 5.16 Å². The quantitative estimate of drug-likeness (QED) is 0.0483. The zero-order chi connectivity index (χ0) is 35.0. The van der Waals surface area contributed by atoms with Crippen LogP contribution in [0.4, 0.5) is 0 Å². The van der Waals surface area contributed by atoms with E-state index in [1.54, 1.807) is 24.3 Å². The second-order valence-corrected chi connectivity index (χ2v) is 17.2. The Hall–Kier alpha value is -0.830. The summed E-state index contributed by atoms with van der Waals surface area (Å²) in [6.07, 6.45) is 42.4. The highest BCUT2D eigenvalue weighted by atomic mass is 31.2. The Kier molecular flexibility index (Phi) is 29.1. The van der Waals surface area contributed by atoms with Crippen LogP contribution in [0.25, 0.3) is 0 Å². The maximum atomic E-state index is 13.2. The van der Waals surface area contributed by atoms with E-state index in [0.717, 1.165) is 38.5 Å². The molecule has 282 valence electrons. The van der Waals surface area contributed by atoms with Gasteiger partial charge < -0.3 is 14.9 Å². The van der Waals surface area contributed by atoms with Crippen molar-refractivity contribution in [3.8, 4) is 5.75 Å². The van der Waals surface area contributed by atoms with Crippen molar-refractivity contribution in [3.63, 3.8) is 0 Å². The summed E-state index contributed by atoms with van der Waals surface area (Å²) in [5.41, 5.74) is 0.690. The average Bonchev–Trinajstić information content (AvgIpc) is 3.06. The molecule has 0 radical (unpaired) electrons. The van der Waals surface area contributed by atoms with Crippen molar-refractivity contribution in [1.29, 1.82) is 0 Å². The second kappa shape index (κ2) is 30.9. The van der Waals surface area contributed by atoms with E-state index in [9.17, 15) is 19.5 Å². The first-order valence-electron chi connectivity index (χ1n) is 21.2. The Morgan fingerprint density at radius 3 is 0.875 bits per heavy atom. The van der Waals surface area contributed by atoms with Gasteiger partial charge in [-0.3, -0.25) is 4.57 Å². The highest BCUT2D eigenvalue weighted by Crippen LogP contribution is 2.62. The first kappa shape index (κ1) is 45.2. The molecular formula is C43H81O4P. The fourth-order valence-electron chi connectivity index (χ4n) is 7.58. The molecule has 0 unspecified atom stereocenters. The molecule has 0 saturated carbocycles. The molecule has 0 atom stereocenters. The third-order valence-electron chi connectivity index (χ3n) is 10.9. The molecule has 1 aromatic carbocycles. The topological polar surface area (TPSA) is 77.8 Å². The van der Waals surface area contributed by atoms with Gasteiger partial charge in [0.15, 0.2) is 0 Å². The molecule has 5 heteroatoms. The fourth-order valence-corrected chi connectivity index (χ4v) is 8.96. The SMILES string of the molecule is CCCCCCCCCCCCCCCCCCC(CCCCCCCCCCCCCCCCCC)(c1ccc(O)cc1)P(=O)(O)O. The van der Waals surface area contributed by atoms with E-state index in [4.69, 9.17) is 0 Å². The van der Waals surface area contributed by atoms with Crippen LogP contribution in [0, 0.1) is 0 Å². The maximum absolute atomic E-state index is 13.2. The van der Waals surface area contributed by atoms with Gasteiger partial charge in [0, 0.05) is 0 Å². The van der Waals surface area contributed by atoms with Crippen molar-refractivity contribution < 1.29 is 19.5 Å². The summed E-state index contributed by atoms with van der Waals surface area (Å²) in [7, 11) is -4.41. The minimum atomic E-state index is -4.41. The number of hydrogen-bond acceptors (Lipinski definition) is 2. The molecular weight excluding hydrogens is 611 g/mol. The average molecular weight is 693 g/mol. The summed E-state index contributed by atoms with van der Waals surface area (Å²) >= 11 is 0. The molecule has 0 saturated heterocycles. The predicted octanol–water partition coefficient (Wildman–Crippen LogP) is 15.1. The Morgan fingerprint density at radius 2 is 0.646 bits per heavy atom. The van der Waals surface area contributed by atoms with Crippen molar-refractivity contribution in [2.24, 2.45) is 0 Å². The summed E-state index contributed by atoms with van der Waals surface area (Å²) in [5.74, 6) is 0.142. The van der Waals surface area contributed by atoms with Gasteiger partial charge in [-0.15, -0.1) is 0 Å². The lowest BCUT2D eigenvalue weighted by Gasteiger charge is -2.35. The highest BCUT2D eigenvalue weighted by molar-refractivity contribution is 7.53. The van der Waals surface area contributed by atoms with Crippen molar-refractivity contribution in [3.05, 3.63) is 29.8 Å². The van der Waals surface area contributed by atoms with Crippen molar-refractivity contribution in [2.45, 2.75) is 237 Å². The van der Waals surface area contributed by atoms with Gasteiger partial charge in [-0.1, -0.05) is 231 Å². The van der Waals surface area contributed by atoms with E-state index >= 15 is 0 Å². The summed E-state index contributed by atoms with van der Waals surface area (Å²) in [4.78, 5) is 21.5. The van der Waals surface area contributed by atoms with E-state index < -0.39 is 12.8 Å². The Labute approximate surface area is 299 Å². The standard InChI is InChI=1S/C43H81O4P/c1-3-5-7-9-11-13-15-17-19-21-23-25-27-29-31-33-39-43(48(45,46)47,41-35-37-42(44)38-36-41)40-34-32-30-28-26-24-22-20-18-16-14-12-10-8-6-4-2/h35-38,44H,3-34,39-40H2,1-2H3,(H2,45,46,47). The minimum absolute atomic E-state index is 0.142. The summed E-state index contributed by atoms with van der Waals surface area (Å²) < 4.78 is 13.2. The summed E-state index contributed by atoms with van der Waals surface area (Å²) in [5, 5.41) is 8.73. The molecule has 0 fully saturated rings. The zero-order valence-corrected chi connectivity index (χ0v) is 32.9. The van der Waals surface area contributed by atoms with E-state index in [-0.39, 0.29) is 5.75 Å². The van der Waals surface area contributed by atoms with Crippen LogP contribution in [0.2, 0.25) is 0 Å². The molecule has 0 heterocycles. The Balaban J connectivity index is 2.29.